The van der Waals surface area contributed by atoms with Gasteiger partial charge in [0, 0.05) is 31.5 Å². The number of pyridine rings is 1. The van der Waals surface area contributed by atoms with Gasteiger partial charge in [-0.15, -0.1) is 6.58 Å². The van der Waals surface area contributed by atoms with Crippen LogP contribution in [-0.2, 0) is 25.0 Å². The van der Waals surface area contributed by atoms with E-state index in [-0.39, 0.29) is 5.91 Å². The second-order valence-electron chi connectivity index (χ2n) is 12.0. The number of rotatable bonds is 8. The quantitative estimate of drug-likeness (QED) is 0.265. The Hall–Kier alpha value is -3.82. The fraction of sp³-hybridized carbons (Fsp3) is 0.455. The van der Waals surface area contributed by atoms with Crippen molar-refractivity contribution < 1.29 is 9.90 Å². The van der Waals surface area contributed by atoms with Crippen molar-refractivity contribution in [1.29, 1.82) is 0 Å². The van der Waals surface area contributed by atoms with Crippen molar-refractivity contribution in [3.8, 4) is 0 Å². The molecule has 9 heteroatoms. The number of carbonyl (C=O) groups excluding carboxylic acids is 1. The first kappa shape index (κ1) is 28.3. The van der Waals surface area contributed by atoms with Crippen molar-refractivity contribution in [2.45, 2.75) is 76.4 Å². The van der Waals surface area contributed by atoms with Crippen LogP contribution in [0, 0.1) is 0 Å². The number of hydrogen-bond donors (Lipinski definition) is 4. The molecular formula is C33H41N7O2. The molecule has 9 nitrogen and oxygen atoms in total. The second-order valence-corrected chi connectivity index (χ2v) is 12.0. The molecule has 0 radical (unpaired) electrons. The fourth-order valence-corrected chi connectivity index (χ4v) is 6.83. The van der Waals surface area contributed by atoms with Crippen molar-refractivity contribution in [3.63, 3.8) is 0 Å². The summed E-state index contributed by atoms with van der Waals surface area (Å²) < 4.78 is 0. The number of benzene rings is 1. The maximum absolute atomic E-state index is 13.0. The molecule has 0 fully saturated rings. The van der Waals surface area contributed by atoms with Crippen LogP contribution >= 0.6 is 0 Å². The van der Waals surface area contributed by atoms with E-state index in [1.165, 1.54) is 43.0 Å². The predicted octanol–water partition coefficient (Wildman–Crippen LogP) is 5.46. The average Bonchev–Trinajstić information content (AvgIpc) is 3.30. The normalized spacial score (nSPS) is 21.5. The van der Waals surface area contributed by atoms with Gasteiger partial charge in [0.25, 0.3) is 5.91 Å². The average molecular weight is 568 g/mol. The Labute approximate surface area is 247 Å². The van der Waals surface area contributed by atoms with Crippen LogP contribution in [0.2, 0.25) is 0 Å². The van der Waals surface area contributed by atoms with E-state index < -0.39 is 5.60 Å². The van der Waals surface area contributed by atoms with Gasteiger partial charge in [0.2, 0.25) is 5.95 Å². The van der Waals surface area contributed by atoms with Crippen LogP contribution in [0.4, 0.5) is 23.3 Å². The highest BCUT2D eigenvalue weighted by Gasteiger charge is 2.37. The van der Waals surface area contributed by atoms with Gasteiger partial charge in [0.1, 0.15) is 22.8 Å². The number of carbonyl (C=O) groups is 1. The zero-order chi connectivity index (χ0) is 29.3. The Morgan fingerprint density at radius 1 is 1.14 bits per heavy atom. The SMILES string of the molecule is C=CCNC(=O)c1cnc(Nc2cc3c4c(c2)CN(C)CC4CCCCC3)nc1Nc1ccc2c(n1)C(O)(CC)CC2. The number of aryl methyl sites for hydroxylation is 2. The van der Waals surface area contributed by atoms with Crippen LogP contribution < -0.4 is 16.0 Å². The van der Waals surface area contributed by atoms with E-state index in [1.54, 1.807) is 11.6 Å². The standard InChI is InChI=1S/C33H41N7O2/c1-4-15-34-31(41)26-18-35-32(39-30(26)38-27-12-11-21-13-14-33(42,5-2)29(21)37-27)36-25-16-22-9-7-6-8-10-23-19-40(3)20-24(17-25)28(22)23/h4,11-12,16-18,23,42H,1,5-10,13-15,19-20H2,2-3H3,(H,34,41)(H2,35,36,37,38,39). The number of aliphatic hydroxyl groups is 1. The van der Waals surface area contributed by atoms with Gasteiger partial charge in [0.15, 0.2) is 0 Å². The summed E-state index contributed by atoms with van der Waals surface area (Å²) in [7, 11) is 2.20. The number of amides is 1. The number of likely N-dealkylation sites (N-methyl/N-ethyl adjacent to an activating group) is 1. The second kappa shape index (κ2) is 11.8. The lowest BCUT2D eigenvalue weighted by molar-refractivity contribution is 0.0307. The van der Waals surface area contributed by atoms with Crippen LogP contribution in [0.3, 0.4) is 0 Å². The van der Waals surface area contributed by atoms with E-state index in [0.29, 0.717) is 54.1 Å². The molecule has 0 saturated heterocycles. The van der Waals surface area contributed by atoms with Gasteiger partial charge in [0.05, 0.1) is 5.69 Å². The monoisotopic (exact) mass is 567 g/mol. The smallest absolute Gasteiger partial charge is 0.256 e. The minimum Gasteiger partial charge on any atom is -0.384 e. The maximum Gasteiger partial charge on any atom is 0.256 e. The highest BCUT2D eigenvalue weighted by molar-refractivity contribution is 5.99. The number of anilines is 4. The highest BCUT2D eigenvalue weighted by atomic mass is 16.3. The van der Waals surface area contributed by atoms with Crippen molar-refractivity contribution in [1.82, 2.24) is 25.2 Å². The summed E-state index contributed by atoms with van der Waals surface area (Å²) in [6.07, 6.45) is 11.3. The van der Waals surface area contributed by atoms with E-state index >= 15 is 0 Å². The molecule has 220 valence electrons. The molecule has 3 heterocycles. The maximum atomic E-state index is 13.0. The molecule has 2 atom stereocenters. The Kier molecular flexibility index (Phi) is 7.96. The number of nitrogens with one attached hydrogen (secondary N) is 3. The van der Waals surface area contributed by atoms with Crippen LogP contribution in [0.5, 0.6) is 0 Å². The first-order chi connectivity index (χ1) is 20.4. The largest absolute Gasteiger partial charge is 0.384 e. The lowest BCUT2D eigenvalue weighted by Crippen LogP contribution is -2.32. The van der Waals surface area contributed by atoms with Crippen LogP contribution in [0.15, 0.2) is 43.1 Å². The van der Waals surface area contributed by atoms with Gasteiger partial charge in [-0.1, -0.05) is 31.9 Å². The van der Waals surface area contributed by atoms with E-state index in [9.17, 15) is 9.90 Å². The minimum atomic E-state index is -0.937. The molecule has 0 saturated carbocycles. The summed E-state index contributed by atoms with van der Waals surface area (Å²) in [5.74, 6) is 1.53. The zero-order valence-corrected chi connectivity index (χ0v) is 24.7. The molecule has 42 heavy (non-hydrogen) atoms. The van der Waals surface area contributed by atoms with Crippen LogP contribution in [-0.4, -0.2) is 51.0 Å². The first-order valence-corrected chi connectivity index (χ1v) is 15.2. The van der Waals surface area contributed by atoms with Gasteiger partial charge in [-0.2, -0.15) is 4.98 Å². The van der Waals surface area contributed by atoms with Crippen molar-refractivity contribution in [2.24, 2.45) is 0 Å². The third kappa shape index (κ3) is 5.63. The number of aromatic nitrogens is 3. The molecule has 1 amide bonds. The zero-order valence-electron chi connectivity index (χ0n) is 24.7. The molecule has 0 spiro atoms. The molecule has 1 aliphatic heterocycles. The van der Waals surface area contributed by atoms with E-state index in [2.05, 4.69) is 51.6 Å². The Morgan fingerprint density at radius 3 is 2.83 bits per heavy atom. The Bertz CT molecular complexity index is 1490. The lowest BCUT2D eigenvalue weighted by atomic mass is 9.79. The number of hydrogen-bond acceptors (Lipinski definition) is 8. The number of nitrogens with zero attached hydrogens (tertiary/aromatic N) is 4. The molecule has 3 aliphatic rings. The number of fused-ring (bicyclic) bond motifs is 1. The van der Waals surface area contributed by atoms with E-state index in [4.69, 9.17) is 9.97 Å². The topological polar surface area (TPSA) is 115 Å². The molecule has 3 aromatic rings. The van der Waals surface area contributed by atoms with Crippen LogP contribution in [0.25, 0.3) is 0 Å². The highest BCUT2D eigenvalue weighted by Crippen LogP contribution is 2.40. The van der Waals surface area contributed by atoms with Crippen molar-refractivity contribution in [3.05, 3.63) is 76.6 Å². The predicted molar refractivity (Wildman–Crippen MR) is 166 cm³/mol. The molecule has 2 aliphatic carbocycles. The molecule has 2 aromatic heterocycles. The van der Waals surface area contributed by atoms with Crippen molar-refractivity contribution >= 4 is 29.2 Å². The third-order valence-electron chi connectivity index (χ3n) is 8.99. The summed E-state index contributed by atoms with van der Waals surface area (Å²) in [5, 5.41) is 20.6. The van der Waals surface area contributed by atoms with Gasteiger partial charge in [-0.3, -0.25) is 4.79 Å². The summed E-state index contributed by atoms with van der Waals surface area (Å²) in [6, 6.07) is 8.35. The summed E-state index contributed by atoms with van der Waals surface area (Å²) in [4.78, 5) is 29.5. The summed E-state index contributed by atoms with van der Waals surface area (Å²) in [6.45, 7) is 8.04. The molecule has 6 rings (SSSR count). The Morgan fingerprint density at radius 2 is 2.00 bits per heavy atom. The molecular weight excluding hydrogens is 526 g/mol. The van der Waals surface area contributed by atoms with Crippen LogP contribution in [0.1, 0.15) is 89.7 Å². The molecule has 0 bridgehead atoms. The summed E-state index contributed by atoms with van der Waals surface area (Å²) in [5.41, 5.74) is 6.41. The molecule has 4 N–H and O–H groups in total. The lowest BCUT2D eigenvalue weighted by Gasteiger charge is -2.35. The van der Waals surface area contributed by atoms with Gasteiger partial charge in [-0.25, -0.2) is 9.97 Å². The first-order valence-electron chi connectivity index (χ1n) is 15.2. The minimum absolute atomic E-state index is 0.299. The van der Waals surface area contributed by atoms with Crippen molar-refractivity contribution in [2.75, 3.05) is 30.8 Å². The van der Waals surface area contributed by atoms with Gasteiger partial charge >= 0.3 is 0 Å². The Balaban J connectivity index is 1.33. The van der Waals surface area contributed by atoms with E-state index in [1.807, 2.05) is 19.1 Å². The van der Waals surface area contributed by atoms with Gasteiger partial charge in [-0.05, 0) is 91.9 Å². The molecule has 2 unspecified atom stereocenters. The molecule has 1 aromatic carbocycles. The van der Waals surface area contributed by atoms with Gasteiger partial charge < -0.3 is 26.0 Å². The summed E-state index contributed by atoms with van der Waals surface area (Å²) >= 11 is 0. The van der Waals surface area contributed by atoms with E-state index in [0.717, 1.165) is 37.2 Å². The fourth-order valence-electron chi connectivity index (χ4n) is 6.83. The third-order valence-corrected chi connectivity index (χ3v) is 8.99.